The average Bonchev–Trinajstić information content (AvgIpc) is 3.21. The number of aromatic nitrogens is 1. The van der Waals surface area contributed by atoms with Crippen LogP contribution in [0.25, 0.3) is 0 Å². The average molecular weight is 364 g/mol. The van der Waals surface area contributed by atoms with Crippen LogP contribution >= 0.6 is 0 Å². The standard InChI is InChI=1S/C22H24N2O3/c1-16-6-8-17(9-7-16)19(24-12-4-5-13-24)15-22(25)23-18-10-11-20(26-2)21(14-18)27-3/h4-14,19H,15H2,1-3H3,(H,23,25)/t19-/m1/s1. The molecule has 1 atom stereocenters. The van der Waals surface area contributed by atoms with Crippen LogP contribution in [-0.4, -0.2) is 24.7 Å². The first-order chi connectivity index (χ1) is 13.1. The minimum Gasteiger partial charge on any atom is -0.493 e. The molecule has 0 aliphatic heterocycles. The third kappa shape index (κ3) is 4.50. The van der Waals surface area contributed by atoms with Crippen LogP contribution < -0.4 is 14.8 Å². The van der Waals surface area contributed by atoms with Crippen LogP contribution in [0, 0.1) is 6.92 Å². The molecule has 5 nitrogen and oxygen atoms in total. The first kappa shape index (κ1) is 18.6. The highest BCUT2D eigenvalue weighted by molar-refractivity contribution is 5.91. The summed E-state index contributed by atoms with van der Waals surface area (Å²) in [5.74, 6) is 1.14. The maximum atomic E-state index is 12.7. The van der Waals surface area contributed by atoms with Crippen molar-refractivity contribution >= 4 is 11.6 Å². The Labute approximate surface area is 159 Å². The molecule has 0 bridgehead atoms. The summed E-state index contributed by atoms with van der Waals surface area (Å²) in [6, 6.07) is 17.5. The molecule has 1 heterocycles. The first-order valence-corrected chi connectivity index (χ1v) is 8.81. The van der Waals surface area contributed by atoms with Gasteiger partial charge >= 0.3 is 0 Å². The minimum atomic E-state index is -0.0688. The van der Waals surface area contributed by atoms with Gasteiger partial charge in [-0.15, -0.1) is 0 Å². The van der Waals surface area contributed by atoms with E-state index in [1.807, 2.05) is 24.5 Å². The summed E-state index contributed by atoms with van der Waals surface area (Å²) in [5, 5.41) is 2.95. The fourth-order valence-corrected chi connectivity index (χ4v) is 3.04. The summed E-state index contributed by atoms with van der Waals surface area (Å²) < 4.78 is 12.6. The molecular formula is C22H24N2O3. The number of ether oxygens (including phenoxy) is 2. The van der Waals surface area contributed by atoms with Gasteiger partial charge < -0.3 is 19.4 Å². The van der Waals surface area contributed by atoms with Gasteiger partial charge in [-0.2, -0.15) is 0 Å². The zero-order chi connectivity index (χ0) is 19.2. The molecule has 5 heteroatoms. The van der Waals surface area contributed by atoms with Crippen molar-refractivity contribution in [1.29, 1.82) is 0 Å². The Morgan fingerprint density at radius 3 is 2.30 bits per heavy atom. The van der Waals surface area contributed by atoms with E-state index in [-0.39, 0.29) is 11.9 Å². The first-order valence-electron chi connectivity index (χ1n) is 8.81. The Morgan fingerprint density at radius 2 is 1.67 bits per heavy atom. The molecule has 0 saturated carbocycles. The van der Waals surface area contributed by atoms with E-state index in [0.29, 0.717) is 23.6 Å². The van der Waals surface area contributed by atoms with Crippen LogP contribution in [-0.2, 0) is 4.79 Å². The predicted octanol–water partition coefficient (Wildman–Crippen LogP) is 4.43. The molecular weight excluding hydrogens is 340 g/mol. The fraction of sp³-hybridized carbons (Fsp3) is 0.227. The van der Waals surface area contributed by atoms with Crippen LogP contribution in [0.2, 0.25) is 0 Å². The molecule has 2 aromatic carbocycles. The third-order valence-electron chi connectivity index (χ3n) is 4.50. The van der Waals surface area contributed by atoms with Gasteiger partial charge in [-0.05, 0) is 36.8 Å². The van der Waals surface area contributed by atoms with Crippen molar-refractivity contribution in [2.75, 3.05) is 19.5 Å². The summed E-state index contributed by atoms with van der Waals surface area (Å²) >= 11 is 0. The van der Waals surface area contributed by atoms with Gasteiger partial charge in [0.1, 0.15) is 0 Å². The van der Waals surface area contributed by atoms with E-state index in [0.717, 1.165) is 5.56 Å². The van der Waals surface area contributed by atoms with E-state index >= 15 is 0 Å². The maximum Gasteiger partial charge on any atom is 0.226 e. The number of nitrogens with one attached hydrogen (secondary N) is 1. The summed E-state index contributed by atoms with van der Waals surface area (Å²) in [6.07, 6.45) is 4.29. The lowest BCUT2D eigenvalue weighted by Gasteiger charge is -2.20. The molecule has 0 unspecified atom stereocenters. The lowest BCUT2D eigenvalue weighted by molar-refractivity contribution is -0.116. The number of amides is 1. The molecule has 1 aromatic heterocycles. The molecule has 0 radical (unpaired) electrons. The zero-order valence-electron chi connectivity index (χ0n) is 15.8. The van der Waals surface area contributed by atoms with Crippen molar-refractivity contribution in [3.8, 4) is 11.5 Å². The number of aryl methyl sites for hydroxylation is 1. The second kappa shape index (κ2) is 8.45. The summed E-state index contributed by atoms with van der Waals surface area (Å²) in [5.41, 5.74) is 2.96. The highest BCUT2D eigenvalue weighted by Crippen LogP contribution is 2.30. The quantitative estimate of drug-likeness (QED) is 0.675. The molecule has 1 N–H and O–H groups in total. The number of rotatable bonds is 7. The van der Waals surface area contributed by atoms with Crippen molar-refractivity contribution in [3.63, 3.8) is 0 Å². The van der Waals surface area contributed by atoms with E-state index in [1.165, 1.54) is 5.56 Å². The van der Waals surface area contributed by atoms with Crippen molar-refractivity contribution in [2.45, 2.75) is 19.4 Å². The molecule has 3 rings (SSSR count). The second-order valence-corrected chi connectivity index (χ2v) is 6.38. The number of anilines is 1. The summed E-state index contributed by atoms with van der Waals surface area (Å²) in [7, 11) is 3.16. The van der Waals surface area contributed by atoms with Gasteiger partial charge in [0.2, 0.25) is 5.91 Å². The Kier molecular flexibility index (Phi) is 5.81. The summed E-state index contributed by atoms with van der Waals surface area (Å²) in [4.78, 5) is 12.7. The third-order valence-corrected chi connectivity index (χ3v) is 4.50. The SMILES string of the molecule is COc1ccc(NC(=O)C[C@H](c2ccc(C)cc2)n2cccc2)cc1OC. The van der Waals surface area contributed by atoms with Gasteiger partial charge in [-0.1, -0.05) is 29.8 Å². The molecule has 0 fully saturated rings. The van der Waals surface area contributed by atoms with Crippen molar-refractivity contribution in [3.05, 3.63) is 78.1 Å². The van der Waals surface area contributed by atoms with Crippen LogP contribution in [0.5, 0.6) is 11.5 Å². The van der Waals surface area contributed by atoms with Crippen molar-refractivity contribution in [2.24, 2.45) is 0 Å². The van der Waals surface area contributed by atoms with E-state index < -0.39 is 0 Å². The van der Waals surface area contributed by atoms with E-state index in [2.05, 4.69) is 41.1 Å². The number of benzene rings is 2. The van der Waals surface area contributed by atoms with Crippen molar-refractivity contribution in [1.82, 2.24) is 4.57 Å². The highest BCUT2D eigenvalue weighted by Gasteiger charge is 2.18. The van der Waals surface area contributed by atoms with Gasteiger partial charge in [0, 0.05) is 24.1 Å². The second-order valence-electron chi connectivity index (χ2n) is 6.38. The Bertz CT molecular complexity index is 886. The van der Waals surface area contributed by atoms with Gasteiger partial charge in [-0.3, -0.25) is 4.79 Å². The highest BCUT2D eigenvalue weighted by atomic mass is 16.5. The van der Waals surface area contributed by atoms with Crippen LogP contribution in [0.4, 0.5) is 5.69 Å². The summed E-state index contributed by atoms with van der Waals surface area (Å²) in [6.45, 7) is 2.05. The number of carbonyl (C=O) groups is 1. The maximum absolute atomic E-state index is 12.7. The number of hydrogen-bond acceptors (Lipinski definition) is 3. The zero-order valence-corrected chi connectivity index (χ0v) is 15.8. The topological polar surface area (TPSA) is 52.5 Å². The molecule has 3 aromatic rings. The van der Waals surface area contributed by atoms with E-state index in [1.54, 1.807) is 32.4 Å². The smallest absolute Gasteiger partial charge is 0.226 e. The lowest BCUT2D eigenvalue weighted by atomic mass is 10.0. The molecule has 0 aliphatic carbocycles. The van der Waals surface area contributed by atoms with Crippen molar-refractivity contribution < 1.29 is 14.3 Å². The van der Waals surface area contributed by atoms with Crippen LogP contribution in [0.1, 0.15) is 23.6 Å². The predicted molar refractivity (Wildman–Crippen MR) is 107 cm³/mol. The van der Waals surface area contributed by atoms with Crippen LogP contribution in [0.15, 0.2) is 67.0 Å². The molecule has 1 amide bonds. The minimum absolute atomic E-state index is 0.0681. The lowest BCUT2D eigenvalue weighted by Crippen LogP contribution is -2.19. The number of nitrogens with zero attached hydrogens (tertiary/aromatic N) is 1. The molecule has 0 spiro atoms. The van der Waals surface area contributed by atoms with Gasteiger partial charge in [-0.25, -0.2) is 0 Å². The van der Waals surface area contributed by atoms with E-state index in [9.17, 15) is 4.79 Å². The van der Waals surface area contributed by atoms with Gasteiger partial charge in [0.05, 0.1) is 26.7 Å². The molecule has 0 aliphatic rings. The largest absolute Gasteiger partial charge is 0.493 e. The molecule has 0 saturated heterocycles. The molecule has 27 heavy (non-hydrogen) atoms. The normalized spacial score (nSPS) is 11.7. The fourth-order valence-electron chi connectivity index (χ4n) is 3.04. The monoisotopic (exact) mass is 364 g/mol. The number of hydrogen-bond donors (Lipinski definition) is 1. The number of methoxy groups -OCH3 is 2. The molecule has 140 valence electrons. The Hall–Kier alpha value is -3.21. The Balaban J connectivity index is 1.78. The number of carbonyl (C=O) groups excluding carboxylic acids is 1. The van der Waals surface area contributed by atoms with Gasteiger partial charge in [0.15, 0.2) is 11.5 Å². The van der Waals surface area contributed by atoms with Crippen LogP contribution in [0.3, 0.4) is 0 Å². The Morgan fingerprint density at radius 1 is 1.00 bits per heavy atom. The van der Waals surface area contributed by atoms with Gasteiger partial charge in [0.25, 0.3) is 0 Å². The van der Waals surface area contributed by atoms with E-state index in [4.69, 9.17) is 9.47 Å².